The molecular formula is C27H32N2O7. The molecule has 0 atom stereocenters. The summed E-state index contributed by atoms with van der Waals surface area (Å²) < 4.78 is 26.9. The van der Waals surface area contributed by atoms with Gasteiger partial charge in [0, 0.05) is 37.3 Å². The molecule has 0 radical (unpaired) electrons. The Morgan fingerprint density at radius 2 is 1.17 bits per heavy atom. The lowest BCUT2D eigenvalue weighted by Gasteiger charge is -2.35. The monoisotopic (exact) mass is 496 g/mol. The lowest BCUT2D eigenvalue weighted by Crippen LogP contribution is -2.51. The Morgan fingerprint density at radius 1 is 0.639 bits per heavy atom. The highest BCUT2D eigenvalue weighted by Crippen LogP contribution is 2.39. The Balaban J connectivity index is 1.45. The molecule has 1 saturated heterocycles. The molecule has 0 saturated carbocycles. The molecule has 2 amide bonds. The molecule has 1 heterocycles. The third-order valence-corrected chi connectivity index (χ3v) is 6.68. The van der Waals surface area contributed by atoms with E-state index in [1.807, 2.05) is 23.1 Å². The summed E-state index contributed by atoms with van der Waals surface area (Å²) in [5.74, 6) is 2.47. The second-order valence-electron chi connectivity index (χ2n) is 8.57. The molecule has 0 spiro atoms. The van der Waals surface area contributed by atoms with Crippen molar-refractivity contribution in [3.63, 3.8) is 0 Å². The molecule has 192 valence electrons. The number of methoxy groups -OCH3 is 5. The van der Waals surface area contributed by atoms with Crippen LogP contribution in [0.5, 0.6) is 28.7 Å². The van der Waals surface area contributed by atoms with Gasteiger partial charge in [0.2, 0.25) is 11.7 Å². The third kappa shape index (κ3) is 4.78. The van der Waals surface area contributed by atoms with Gasteiger partial charge in [-0.05, 0) is 54.3 Å². The zero-order valence-corrected chi connectivity index (χ0v) is 21.4. The van der Waals surface area contributed by atoms with Crippen molar-refractivity contribution >= 4 is 17.9 Å². The summed E-state index contributed by atoms with van der Waals surface area (Å²) in [6, 6.07) is 7.18. The van der Waals surface area contributed by atoms with Crippen LogP contribution in [0.15, 0.2) is 29.8 Å². The zero-order chi connectivity index (χ0) is 25.8. The van der Waals surface area contributed by atoms with Crippen LogP contribution in [-0.4, -0.2) is 83.3 Å². The number of rotatable bonds is 7. The molecule has 9 heteroatoms. The fourth-order valence-corrected chi connectivity index (χ4v) is 4.69. The van der Waals surface area contributed by atoms with Gasteiger partial charge in [0.15, 0.2) is 23.0 Å². The van der Waals surface area contributed by atoms with E-state index in [9.17, 15) is 9.59 Å². The predicted molar refractivity (Wildman–Crippen MR) is 134 cm³/mol. The first-order valence-electron chi connectivity index (χ1n) is 11.8. The minimum Gasteiger partial charge on any atom is -0.493 e. The van der Waals surface area contributed by atoms with Crippen LogP contribution in [0.4, 0.5) is 0 Å². The quantitative estimate of drug-likeness (QED) is 0.582. The number of nitrogens with zero attached hydrogens (tertiary/aromatic N) is 2. The van der Waals surface area contributed by atoms with Gasteiger partial charge in [-0.15, -0.1) is 0 Å². The van der Waals surface area contributed by atoms with Gasteiger partial charge in [0.25, 0.3) is 5.91 Å². The molecule has 0 bridgehead atoms. The van der Waals surface area contributed by atoms with Crippen molar-refractivity contribution in [1.29, 1.82) is 0 Å². The molecule has 2 aromatic rings. The molecule has 0 aromatic heterocycles. The largest absolute Gasteiger partial charge is 0.493 e. The number of piperazine rings is 1. The van der Waals surface area contributed by atoms with Gasteiger partial charge in [-0.1, -0.05) is 0 Å². The maximum absolute atomic E-state index is 13.3. The van der Waals surface area contributed by atoms with E-state index in [0.717, 1.165) is 23.1 Å². The number of hydrogen-bond donors (Lipinski definition) is 0. The molecule has 0 N–H and O–H groups in total. The summed E-state index contributed by atoms with van der Waals surface area (Å²) in [4.78, 5) is 30.0. The lowest BCUT2D eigenvalue weighted by molar-refractivity contribution is -0.128. The number of aryl methyl sites for hydroxylation is 1. The second kappa shape index (κ2) is 10.8. The average molecular weight is 497 g/mol. The first-order valence-corrected chi connectivity index (χ1v) is 11.8. The van der Waals surface area contributed by atoms with E-state index < -0.39 is 0 Å². The summed E-state index contributed by atoms with van der Waals surface area (Å²) in [7, 11) is 7.76. The van der Waals surface area contributed by atoms with E-state index in [1.54, 1.807) is 31.3 Å². The Hall–Kier alpha value is -3.88. The van der Waals surface area contributed by atoms with Gasteiger partial charge in [-0.2, -0.15) is 0 Å². The molecule has 2 aliphatic rings. The molecule has 4 rings (SSSR count). The van der Waals surface area contributed by atoms with E-state index in [4.69, 9.17) is 23.7 Å². The Kier molecular flexibility index (Phi) is 7.57. The van der Waals surface area contributed by atoms with Gasteiger partial charge in [-0.25, -0.2) is 0 Å². The van der Waals surface area contributed by atoms with E-state index in [2.05, 4.69) is 0 Å². The first kappa shape index (κ1) is 25.2. The molecule has 2 aromatic carbocycles. The van der Waals surface area contributed by atoms with Crippen LogP contribution >= 0.6 is 0 Å². The SMILES string of the molecule is COc1cc2c(cc1OC)CCC(C(=O)N1CCN(C(=O)c3cc(OC)c(OC)c(OC)c3)CC1)=C2. The van der Waals surface area contributed by atoms with Gasteiger partial charge < -0.3 is 33.5 Å². The second-order valence-corrected chi connectivity index (χ2v) is 8.57. The maximum Gasteiger partial charge on any atom is 0.254 e. The van der Waals surface area contributed by atoms with Crippen LogP contribution in [0.1, 0.15) is 27.9 Å². The lowest BCUT2D eigenvalue weighted by atomic mass is 9.91. The van der Waals surface area contributed by atoms with Crippen LogP contribution in [0.2, 0.25) is 0 Å². The molecule has 0 unspecified atom stereocenters. The minimum absolute atomic E-state index is 0.00956. The fourth-order valence-electron chi connectivity index (χ4n) is 4.69. The standard InChI is InChI=1S/C27H32N2O7/c1-32-21-13-17-6-7-18(12-19(17)14-22(21)33-2)26(30)28-8-10-29(11-9-28)27(31)20-15-23(34-3)25(36-5)24(16-20)35-4/h12-16H,6-11H2,1-5H3. The molecule has 1 aliphatic carbocycles. The van der Waals surface area contributed by atoms with Crippen molar-refractivity contribution in [2.75, 3.05) is 61.7 Å². The predicted octanol–water partition coefficient (Wildman–Crippen LogP) is 3.04. The smallest absolute Gasteiger partial charge is 0.254 e. The summed E-state index contributed by atoms with van der Waals surface area (Å²) in [6.07, 6.45) is 3.36. The van der Waals surface area contributed by atoms with E-state index in [0.29, 0.717) is 66.9 Å². The summed E-state index contributed by atoms with van der Waals surface area (Å²) in [5.41, 5.74) is 3.31. The summed E-state index contributed by atoms with van der Waals surface area (Å²) in [6.45, 7) is 1.81. The number of fused-ring (bicyclic) bond motifs is 1. The fraction of sp³-hybridized carbons (Fsp3) is 0.407. The van der Waals surface area contributed by atoms with E-state index in [-0.39, 0.29) is 11.8 Å². The van der Waals surface area contributed by atoms with Crippen LogP contribution in [-0.2, 0) is 11.2 Å². The molecule has 9 nitrogen and oxygen atoms in total. The number of carbonyl (C=O) groups is 2. The van der Waals surface area contributed by atoms with Crippen molar-refractivity contribution in [1.82, 2.24) is 9.80 Å². The molecule has 1 fully saturated rings. The number of benzene rings is 2. The minimum atomic E-state index is -0.145. The topological polar surface area (TPSA) is 86.8 Å². The van der Waals surface area contributed by atoms with Gasteiger partial charge >= 0.3 is 0 Å². The van der Waals surface area contributed by atoms with Gasteiger partial charge in [0.05, 0.1) is 35.5 Å². The van der Waals surface area contributed by atoms with Crippen molar-refractivity contribution in [3.05, 3.63) is 46.5 Å². The maximum atomic E-state index is 13.3. The van der Waals surface area contributed by atoms with Crippen molar-refractivity contribution in [2.24, 2.45) is 0 Å². The van der Waals surface area contributed by atoms with Crippen molar-refractivity contribution in [2.45, 2.75) is 12.8 Å². The highest BCUT2D eigenvalue weighted by atomic mass is 16.5. The summed E-state index contributed by atoms with van der Waals surface area (Å²) in [5, 5.41) is 0. The first-order chi connectivity index (χ1) is 17.4. The van der Waals surface area contributed by atoms with Gasteiger partial charge in [-0.3, -0.25) is 9.59 Å². The highest BCUT2D eigenvalue weighted by molar-refractivity contribution is 5.99. The summed E-state index contributed by atoms with van der Waals surface area (Å²) >= 11 is 0. The van der Waals surface area contributed by atoms with E-state index in [1.165, 1.54) is 21.3 Å². The molecular weight excluding hydrogens is 464 g/mol. The van der Waals surface area contributed by atoms with Crippen LogP contribution in [0, 0.1) is 0 Å². The zero-order valence-electron chi connectivity index (χ0n) is 21.4. The average Bonchev–Trinajstić information content (AvgIpc) is 2.94. The van der Waals surface area contributed by atoms with Gasteiger partial charge in [0.1, 0.15) is 0 Å². The molecule has 36 heavy (non-hydrogen) atoms. The Labute approximate surface area is 211 Å². The third-order valence-electron chi connectivity index (χ3n) is 6.68. The number of carbonyl (C=O) groups excluding carboxylic acids is 2. The number of ether oxygens (including phenoxy) is 5. The number of hydrogen-bond acceptors (Lipinski definition) is 7. The number of amides is 2. The highest BCUT2D eigenvalue weighted by Gasteiger charge is 2.29. The van der Waals surface area contributed by atoms with Crippen molar-refractivity contribution in [3.8, 4) is 28.7 Å². The van der Waals surface area contributed by atoms with Crippen LogP contribution in [0.3, 0.4) is 0 Å². The van der Waals surface area contributed by atoms with Crippen LogP contribution in [0.25, 0.3) is 6.08 Å². The Morgan fingerprint density at radius 3 is 1.69 bits per heavy atom. The van der Waals surface area contributed by atoms with Crippen molar-refractivity contribution < 1.29 is 33.3 Å². The normalized spacial score (nSPS) is 15.0. The molecule has 1 aliphatic heterocycles. The van der Waals surface area contributed by atoms with Crippen LogP contribution < -0.4 is 23.7 Å². The van der Waals surface area contributed by atoms with E-state index >= 15 is 0 Å². The Bertz CT molecular complexity index is 1160.